The fraction of sp³-hybridized carbons (Fsp3) is 0.296. The average molecular weight is 526 g/mol. The number of carbonyl (C=O) groups is 1. The van der Waals surface area contributed by atoms with Gasteiger partial charge in [-0.05, 0) is 62.7 Å². The summed E-state index contributed by atoms with van der Waals surface area (Å²) in [5.41, 5.74) is 3.13. The molecule has 2 aromatic carbocycles. The second kappa shape index (κ2) is 10.7. The highest BCUT2D eigenvalue weighted by Gasteiger charge is 2.33. The first-order valence-corrected chi connectivity index (χ1v) is 12.8. The summed E-state index contributed by atoms with van der Waals surface area (Å²) in [5.74, 6) is 0.148. The molecule has 0 spiro atoms. The Bertz CT molecular complexity index is 1500. The quantitative estimate of drug-likeness (QED) is 0.437. The normalized spacial score (nSPS) is 15.4. The van der Waals surface area contributed by atoms with Gasteiger partial charge in [-0.15, -0.1) is 0 Å². The summed E-state index contributed by atoms with van der Waals surface area (Å²) in [5, 5.41) is 0.539. The number of thiazole rings is 1. The Morgan fingerprint density at radius 3 is 2.53 bits per heavy atom. The molecular weight excluding hydrogens is 498 g/mol. The molecule has 9 heteroatoms. The Hall–Kier alpha value is -3.36. The van der Waals surface area contributed by atoms with Crippen molar-refractivity contribution in [3.8, 4) is 5.75 Å². The number of rotatable bonds is 7. The van der Waals surface area contributed by atoms with Crippen LogP contribution in [0, 0.1) is 0 Å². The van der Waals surface area contributed by atoms with Crippen LogP contribution < -0.4 is 24.5 Å². The standard InChI is InChI=1S/C27H28ClN3O4S/c1-6-34-21-13-10-19(28)14-18(21)15-22-25(32)31-24(17-8-11-20(12-9-17)30(4)5)23(26(33)35-7-2)16(3)29-27(31)36-22/h8-15,24H,6-7H2,1-5H3/b22-15-/t24-/m0/s1. The number of benzene rings is 2. The fourth-order valence-corrected chi connectivity index (χ4v) is 5.34. The van der Waals surface area contributed by atoms with Gasteiger partial charge in [0, 0.05) is 30.4 Å². The highest BCUT2D eigenvalue weighted by molar-refractivity contribution is 7.07. The molecule has 2 heterocycles. The van der Waals surface area contributed by atoms with Crippen LogP contribution in [-0.4, -0.2) is 37.8 Å². The molecule has 1 aromatic heterocycles. The number of esters is 1. The van der Waals surface area contributed by atoms with E-state index in [1.54, 1.807) is 42.7 Å². The van der Waals surface area contributed by atoms with Crippen molar-refractivity contribution >= 4 is 40.7 Å². The smallest absolute Gasteiger partial charge is 0.338 e. The van der Waals surface area contributed by atoms with Crippen molar-refractivity contribution in [1.82, 2.24) is 4.57 Å². The number of aromatic nitrogens is 1. The van der Waals surface area contributed by atoms with Gasteiger partial charge >= 0.3 is 5.97 Å². The van der Waals surface area contributed by atoms with Crippen LogP contribution in [0.2, 0.25) is 5.02 Å². The van der Waals surface area contributed by atoms with E-state index in [4.69, 9.17) is 21.1 Å². The minimum Gasteiger partial charge on any atom is -0.493 e. The Balaban J connectivity index is 1.94. The van der Waals surface area contributed by atoms with Gasteiger partial charge in [0.05, 0.1) is 35.1 Å². The minimum atomic E-state index is -0.663. The van der Waals surface area contributed by atoms with E-state index in [9.17, 15) is 9.59 Å². The summed E-state index contributed by atoms with van der Waals surface area (Å²) < 4.78 is 13.1. The van der Waals surface area contributed by atoms with Gasteiger partial charge in [0.2, 0.25) is 0 Å². The Labute approximate surface area is 218 Å². The summed E-state index contributed by atoms with van der Waals surface area (Å²) >= 11 is 7.49. The lowest BCUT2D eigenvalue weighted by molar-refractivity contribution is -0.139. The number of halogens is 1. The van der Waals surface area contributed by atoms with Crippen LogP contribution >= 0.6 is 22.9 Å². The molecule has 4 rings (SSSR count). The number of hydrogen-bond donors (Lipinski definition) is 0. The van der Waals surface area contributed by atoms with Gasteiger partial charge in [0.1, 0.15) is 5.75 Å². The van der Waals surface area contributed by atoms with Crippen molar-refractivity contribution in [2.45, 2.75) is 26.8 Å². The van der Waals surface area contributed by atoms with Gasteiger partial charge in [0.15, 0.2) is 4.80 Å². The number of anilines is 1. The largest absolute Gasteiger partial charge is 0.493 e. The molecule has 1 aliphatic heterocycles. The molecule has 36 heavy (non-hydrogen) atoms. The van der Waals surface area contributed by atoms with Crippen molar-refractivity contribution in [3.05, 3.63) is 89.6 Å². The zero-order valence-corrected chi connectivity index (χ0v) is 22.4. The monoisotopic (exact) mass is 525 g/mol. The zero-order valence-electron chi connectivity index (χ0n) is 20.9. The maximum atomic E-state index is 13.8. The van der Waals surface area contributed by atoms with Gasteiger partial charge in [0.25, 0.3) is 5.56 Å². The van der Waals surface area contributed by atoms with E-state index < -0.39 is 12.0 Å². The number of carbonyl (C=O) groups excluding carboxylic acids is 1. The van der Waals surface area contributed by atoms with Crippen LogP contribution in [0.25, 0.3) is 6.08 Å². The first kappa shape index (κ1) is 25.7. The predicted molar refractivity (Wildman–Crippen MR) is 144 cm³/mol. The van der Waals surface area contributed by atoms with E-state index >= 15 is 0 Å². The minimum absolute atomic E-state index is 0.224. The van der Waals surface area contributed by atoms with E-state index in [1.165, 1.54) is 11.3 Å². The Morgan fingerprint density at radius 2 is 1.89 bits per heavy atom. The van der Waals surface area contributed by atoms with Crippen LogP contribution in [0.1, 0.15) is 37.9 Å². The molecule has 188 valence electrons. The van der Waals surface area contributed by atoms with Crippen LogP contribution in [-0.2, 0) is 9.53 Å². The summed E-state index contributed by atoms with van der Waals surface area (Å²) in [7, 11) is 3.91. The molecule has 0 N–H and O–H groups in total. The molecule has 3 aromatic rings. The predicted octanol–water partition coefficient (Wildman–Crippen LogP) is 3.92. The second-order valence-corrected chi connectivity index (χ2v) is 9.85. The molecule has 0 aliphatic carbocycles. The lowest BCUT2D eigenvalue weighted by Crippen LogP contribution is -2.40. The molecule has 1 atom stereocenters. The fourth-order valence-electron chi connectivity index (χ4n) is 4.12. The molecule has 0 radical (unpaired) electrons. The number of ether oxygens (including phenoxy) is 2. The van der Waals surface area contributed by atoms with Crippen LogP contribution in [0.5, 0.6) is 5.75 Å². The van der Waals surface area contributed by atoms with E-state index in [-0.39, 0.29) is 12.2 Å². The molecule has 7 nitrogen and oxygen atoms in total. The molecule has 1 aliphatic rings. The van der Waals surface area contributed by atoms with E-state index in [1.807, 2.05) is 50.2 Å². The SMILES string of the molecule is CCOC(=O)C1=C(C)N=c2s/c(=C\c3cc(Cl)ccc3OCC)c(=O)n2[C@H]1c1ccc(N(C)C)cc1. The summed E-state index contributed by atoms with van der Waals surface area (Å²) in [6.45, 7) is 6.13. The molecular formula is C27H28ClN3O4S. The van der Waals surface area contributed by atoms with E-state index in [0.717, 1.165) is 11.3 Å². The molecule has 0 fully saturated rings. The maximum Gasteiger partial charge on any atom is 0.338 e. The molecule has 0 unspecified atom stereocenters. The third-order valence-electron chi connectivity index (χ3n) is 5.80. The first-order chi connectivity index (χ1) is 17.2. The number of allylic oxidation sites excluding steroid dienone is 1. The first-order valence-electron chi connectivity index (χ1n) is 11.6. The van der Waals surface area contributed by atoms with Gasteiger partial charge in [-0.3, -0.25) is 9.36 Å². The van der Waals surface area contributed by atoms with Crippen LogP contribution in [0.15, 0.2) is 63.5 Å². The van der Waals surface area contributed by atoms with Crippen molar-refractivity contribution in [2.24, 2.45) is 4.99 Å². The maximum absolute atomic E-state index is 13.8. The van der Waals surface area contributed by atoms with Gasteiger partial charge in [-0.1, -0.05) is 35.1 Å². The summed E-state index contributed by atoms with van der Waals surface area (Å²) in [4.78, 5) is 34.0. The van der Waals surface area contributed by atoms with E-state index in [0.29, 0.717) is 43.5 Å². The van der Waals surface area contributed by atoms with Crippen LogP contribution in [0.3, 0.4) is 0 Å². The third-order valence-corrected chi connectivity index (χ3v) is 7.02. The zero-order chi connectivity index (χ0) is 26.0. The Kier molecular flexibility index (Phi) is 7.66. The molecule has 0 amide bonds. The van der Waals surface area contributed by atoms with Crippen molar-refractivity contribution in [2.75, 3.05) is 32.2 Å². The Morgan fingerprint density at radius 1 is 1.17 bits per heavy atom. The highest BCUT2D eigenvalue weighted by atomic mass is 35.5. The molecule has 0 bridgehead atoms. The van der Waals surface area contributed by atoms with E-state index in [2.05, 4.69) is 4.99 Å². The van der Waals surface area contributed by atoms with Crippen molar-refractivity contribution < 1.29 is 14.3 Å². The summed E-state index contributed by atoms with van der Waals surface area (Å²) in [6, 6.07) is 12.4. The lowest BCUT2D eigenvalue weighted by atomic mass is 9.95. The lowest BCUT2D eigenvalue weighted by Gasteiger charge is -2.25. The van der Waals surface area contributed by atoms with Crippen LogP contribution in [0.4, 0.5) is 5.69 Å². The number of hydrogen-bond acceptors (Lipinski definition) is 7. The topological polar surface area (TPSA) is 73.1 Å². The average Bonchev–Trinajstić information content (AvgIpc) is 3.14. The number of fused-ring (bicyclic) bond motifs is 1. The second-order valence-electron chi connectivity index (χ2n) is 8.40. The molecule has 0 saturated carbocycles. The highest BCUT2D eigenvalue weighted by Crippen LogP contribution is 2.31. The van der Waals surface area contributed by atoms with Crippen molar-refractivity contribution in [1.29, 1.82) is 0 Å². The molecule has 0 saturated heterocycles. The van der Waals surface area contributed by atoms with Gasteiger partial charge < -0.3 is 14.4 Å². The van der Waals surface area contributed by atoms with Gasteiger partial charge in [-0.2, -0.15) is 0 Å². The third kappa shape index (κ3) is 4.96. The summed E-state index contributed by atoms with van der Waals surface area (Å²) in [6.07, 6.45) is 1.76. The van der Waals surface area contributed by atoms with Gasteiger partial charge in [-0.25, -0.2) is 9.79 Å². The van der Waals surface area contributed by atoms with Crippen molar-refractivity contribution in [3.63, 3.8) is 0 Å². The number of nitrogens with zero attached hydrogens (tertiary/aromatic N) is 3.